The first kappa shape index (κ1) is 14.4. The van der Waals surface area contributed by atoms with Crippen LogP contribution < -0.4 is 5.32 Å². The lowest BCUT2D eigenvalue weighted by atomic mass is 10.1. The van der Waals surface area contributed by atoms with Gasteiger partial charge < -0.3 is 9.84 Å². The van der Waals surface area contributed by atoms with E-state index in [-0.39, 0.29) is 23.4 Å². The van der Waals surface area contributed by atoms with Crippen LogP contribution in [0.5, 0.6) is 0 Å². The molecule has 0 aliphatic heterocycles. The number of aromatic carboxylic acids is 1. The van der Waals surface area contributed by atoms with Gasteiger partial charge in [0, 0.05) is 10.5 Å². The summed E-state index contributed by atoms with van der Waals surface area (Å²) in [5.74, 6) is -1.29. The van der Waals surface area contributed by atoms with Gasteiger partial charge in [-0.2, -0.15) is 0 Å². The summed E-state index contributed by atoms with van der Waals surface area (Å²) in [6, 6.07) is 3.99. The minimum Gasteiger partial charge on any atom is -0.478 e. The van der Waals surface area contributed by atoms with Crippen LogP contribution in [-0.2, 0) is 11.3 Å². The highest BCUT2D eigenvalue weighted by Gasteiger charge is 2.19. The third-order valence-corrected chi connectivity index (χ3v) is 2.18. The largest absolute Gasteiger partial charge is 0.478 e. The van der Waals surface area contributed by atoms with E-state index >= 15 is 0 Å². The number of ether oxygens (including phenoxy) is 1. The Morgan fingerprint density at radius 1 is 1.47 bits per heavy atom. The van der Waals surface area contributed by atoms with Crippen molar-refractivity contribution in [1.82, 2.24) is 0 Å². The van der Waals surface area contributed by atoms with Crippen molar-refractivity contribution < 1.29 is 24.4 Å². The molecule has 102 valence electrons. The molecule has 0 aliphatic carbocycles. The van der Waals surface area contributed by atoms with Crippen molar-refractivity contribution in [2.75, 3.05) is 11.9 Å². The van der Waals surface area contributed by atoms with Gasteiger partial charge in [-0.1, -0.05) is 12.1 Å². The Morgan fingerprint density at radius 2 is 2.16 bits per heavy atom. The molecule has 1 aromatic carbocycles. The number of rotatable bonds is 5. The van der Waals surface area contributed by atoms with Gasteiger partial charge in [-0.25, -0.2) is 9.59 Å². The molecule has 0 atom stereocenters. The standard InChI is InChI=1S/C11H12N2O6/c1-2-19-11(16)12-9-7(6-13(17)18)4-3-5-8(9)10(14)15/h3-5H,2,6H2,1H3,(H,12,16)(H,14,15). The fourth-order valence-electron chi connectivity index (χ4n) is 1.47. The number of carbonyl (C=O) groups is 2. The van der Waals surface area contributed by atoms with Gasteiger partial charge in [0.2, 0.25) is 6.54 Å². The first-order valence-corrected chi connectivity index (χ1v) is 5.36. The number of hydrogen-bond donors (Lipinski definition) is 2. The number of benzene rings is 1. The molecule has 8 heteroatoms. The number of carbonyl (C=O) groups excluding carboxylic acids is 1. The maximum Gasteiger partial charge on any atom is 0.411 e. The number of amides is 1. The Bertz CT molecular complexity index is 514. The van der Waals surface area contributed by atoms with E-state index in [0.29, 0.717) is 0 Å². The summed E-state index contributed by atoms with van der Waals surface area (Å²) in [6.45, 7) is 1.09. The Balaban J connectivity index is 3.17. The molecule has 0 aliphatic rings. The molecular weight excluding hydrogens is 256 g/mol. The molecule has 1 rings (SSSR count). The molecule has 0 bridgehead atoms. The number of carboxylic acid groups (broad SMARTS) is 1. The molecule has 0 saturated carbocycles. The van der Waals surface area contributed by atoms with Crippen LogP contribution >= 0.6 is 0 Å². The lowest BCUT2D eigenvalue weighted by Gasteiger charge is -2.11. The minimum absolute atomic E-state index is 0.0953. The van der Waals surface area contributed by atoms with E-state index < -0.39 is 23.5 Å². The van der Waals surface area contributed by atoms with E-state index in [4.69, 9.17) is 5.11 Å². The molecule has 0 unspecified atom stereocenters. The fraction of sp³-hybridized carbons (Fsp3) is 0.273. The average molecular weight is 268 g/mol. The molecule has 0 radical (unpaired) electrons. The number of nitrogens with zero attached hydrogens (tertiary/aromatic N) is 1. The van der Waals surface area contributed by atoms with Gasteiger partial charge in [-0.05, 0) is 13.0 Å². The zero-order valence-corrected chi connectivity index (χ0v) is 10.1. The van der Waals surface area contributed by atoms with E-state index in [2.05, 4.69) is 10.1 Å². The second kappa shape index (κ2) is 6.34. The highest BCUT2D eigenvalue weighted by molar-refractivity contribution is 5.99. The van der Waals surface area contributed by atoms with Crippen molar-refractivity contribution in [2.45, 2.75) is 13.5 Å². The first-order chi connectivity index (χ1) is 8.95. The molecule has 2 N–H and O–H groups in total. The Morgan fingerprint density at radius 3 is 2.68 bits per heavy atom. The molecule has 0 aromatic heterocycles. The number of anilines is 1. The van der Waals surface area contributed by atoms with Crippen LogP contribution in [0.25, 0.3) is 0 Å². The second-order valence-corrected chi connectivity index (χ2v) is 3.48. The summed E-state index contributed by atoms with van der Waals surface area (Å²) in [7, 11) is 0. The topological polar surface area (TPSA) is 119 Å². The zero-order valence-electron chi connectivity index (χ0n) is 10.1. The summed E-state index contributed by atoms with van der Waals surface area (Å²) >= 11 is 0. The lowest BCUT2D eigenvalue weighted by molar-refractivity contribution is -0.496. The highest BCUT2D eigenvalue weighted by Crippen LogP contribution is 2.22. The van der Waals surface area contributed by atoms with Crippen molar-refractivity contribution in [3.63, 3.8) is 0 Å². The van der Waals surface area contributed by atoms with Crippen molar-refractivity contribution in [2.24, 2.45) is 0 Å². The van der Waals surface area contributed by atoms with Gasteiger partial charge in [0.1, 0.15) is 0 Å². The molecule has 8 nitrogen and oxygen atoms in total. The van der Waals surface area contributed by atoms with Gasteiger partial charge in [0.05, 0.1) is 17.9 Å². The van der Waals surface area contributed by atoms with Crippen LogP contribution in [0.3, 0.4) is 0 Å². The Labute approximate surface area is 108 Å². The van der Waals surface area contributed by atoms with Crippen molar-refractivity contribution in [1.29, 1.82) is 0 Å². The van der Waals surface area contributed by atoms with Crippen molar-refractivity contribution in [3.05, 3.63) is 39.4 Å². The SMILES string of the molecule is CCOC(=O)Nc1c(C[N+](=O)[O-])cccc1C(=O)O. The maximum absolute atomic E-state index is 11.3. The first-order valence-electron chi connectivity index (χ1n) is 5.36. The van der Waals surface area contributed by atoms with Crippen LogP contribution in [-0.4, -0.2) is 28.7 Å². The quantitative estimate of drug-likeness (QED) is 0.620. The van der Waals surface area contributed by atoms with Crippen LogP contribution in [0.15, 0.2) is 18.2 Å². The number of para-hydroxylation sites is 1. The second-order valence-electron chi connectivity index (χ2n) is 3.48. The molecule has 0 heterocycles. The Kier molecular flexibility index (Phi) is 4.81. The third kappa shape index (κ3) is 3.95. The Hall–Kier alpha value is -2.64. The van der Waals surface area contributed by atoms with Gasteiger partial charge in [-0.3, -0.25) is 15.4 Å². The van der Waals surface area contributed by atoms with E-state index in [0.717, 1.165) is 0 Å². The summed E-state index contributed by atoms with van der Waals surface area (Å²) in [6.07, 6.45) is -0.860. The molecule has 0 fully saturated rings. The van der Waals surface area contributed by atoms with Gasteiger partial charge >= 0.3 is 12.1 Å². The highest BCUT2D eigenvalue weighted by atomic mass is 16.6. The smallest absolute Gasteiger partial charge is 0.411 e. The van der Waals surface area contributed by atoms with E-state index in [1.165, 1.54) is 18.2 Å². The van der Waals surface area contributed by atoms with Crippen molar-refractivity contribution >= 4 is 17.7 Å². The maximum atomic E-state index is 11.3. The predicted octanol–water partition coefficient (Wildman–Crippen LogP) is 1.73. The molecular formula is C11H12N2O6. The molecule has 1 aromatic rings. The minimum atomic E-state index is -1.29. The molecule has 1 amide bonds. The third-order valence-electron chi connectivity index (χ3n) is 2.18. The lowest BCUT2D eigenvalue weighted by Crippen LogP contribution is -2.18. The van der Waals surface area contributed by atoms with Gasteiger partial charge in [0.15, 0.2) is 0 Å². The number of carboxylic acids is 1. The van der Waals surface area contributed by atoms with Crippen LogP contribution in [0.1, 0.15) is 22.8 Å². The molecule has 0 spiro atoms. The van der Waals surface area contributed by atoms with Crippen LogP contribution in [0, 0.1) is 10.1 Å². The van der Waals surface area contributed by atoms with Crippen LogP contribution in [0.4, 0.5) is 10.5 Å². The average Bonchev–Trinajstić information content (AvgIpc) is 2.30. The van der Waals surface area contributed by atoms with Crippen molar-refractivity contribution in [3.8, 4) is 0 Å². The summed E-state index contributed by atoms with van der Waals surface area (Å²) in [5, 5.41) is 21.8. The number of nitrogens with one attached hydrogen (secondary N) is 1. The summed E-state index contributed by atoms with van der Waals surface area (Å²) < 4.78 is 4.63. The predicted molar refractivity (Wildman–Crippen MR) is 64.7 cm³/mol. The van der Waals surface area contributed by atoms with E-state index in [9.17, 15) is 19.7 Å². The van der Waals surface area contributed by atoms with Gasteiger partial charge in [-0.15, -0.1) is 0 Å². The summed E-state index contributed by atoms with van der Waals surface area (Å²) in [5.41, 5.74) is -0.254. The number of nitro groups is 1. The van der Waals surface area contributed by atoms with Crippen LogP contribution in [0.2, 0.25) is 0 Å². The fourth-order valence-corrected chi connectivity index (χ4v) is 1.47. The summed E-state index contributed by atoms with van der Waals surface area (Å²) in [4.78, 5) is 32.3. The monoisotopic (exact) mass is 268 g/mol. The molecule has 0 saturated heterocycles. The normalized spacial score (nSPS) is 9.74. The van der Waals surface area contributed by atoms with E-state index in [1.54, 1.807) is 6.92 Å². The zero-order chi connectivity index (χ0) is 14.4. The van der Waals surface area contributed by atoms with Gasteiger partial charge in [0.25, 0.3) is 0 Å². The number of hydrogen-bond acceptors (Lipinski definition) is 5. The molecule has 19 heavy (non-hydrogen) atoms. The van der Waals surface area contributed by atoms with E-state index in [1.807, 2.05) is 0 Å².